The van der Waals surface area contributed by atoms with Gasteiger partial charge in [-0.15, -0.1) is 11.3 Å². The van der Waals surface area contributed by atoms with Crippen LogP contribution < -0.4 is 5.32 Å². The molecular weight excluding hydrogens is 296 g/mol. The van der Waals surface area contributed by atoms with Crippen molar-refractivity contribution in [1.29, 1.82) is 0 Å². The molecule has 0 radical (unpaired) electrons. The van der Waals surface area contributed by atoms with Crippen molar-refractivity contribution in [1.82, 2.24) is 9.62 Å². The van der Waals surface area contributed by atoms with Crippen molar-refractivity contribution in [2.75, 3.05) is 13.6 Å². The molecule has 1 aliphatic rings. The number of hydrogen-bond acceptors (Lipinski definition) is 4. The third kappa shape index (κ3) is 2.75. The average molecular weight is 316 g/mol. The Hall–Kier alpha value is -0.920. The number of likely N-dealkylation sites (N-methyl/N-ethyl adjacent to an activating group) is 1. The Morgan fingerprint density at radius 3 is 2.65 bits per heavy atom. The van der Waals surface area contributed by atoms with Gasteiger partial charge in [-0.25, -0.2) is 8.42 Å². The van der Waals surface area contributed by atoms with Crippen molar-refractivity contribution in [3.63, 3.8) is 0 Å². The van der Waals surface area contributed by atoms with Crippen molar-refractivity contribution in [3.05, 3.63) is 15.8 Å². The lowest BCUT2D eigenvalue weighted by Gasteiger charge is -2.33. The van der Waals surface area contributed by atoms with E-state index in [0.29, 0.717) is 17.9 Å². The van der Waals surface area contributed by atoms with Crippen LogP contribution in [0.25, 0.3) is 0 Å². The van der Waals surface area contributed by atoms with Gasteiger partial charge in [-0.1, -0.05) is 6.42 Å². The third-order valence-corrected chi connectivity index (χ3v) is 6.71. The van der Waals surface area contributed by atoms with Crippen LogP contribution in [-0.4, -0.2) is 38.3 Å². The van der Waals surface area contributed by atoms with Gasteiger partial charge in [-0.2, -0.15) is 4.31 Å². The summed E-state index contributed by atoms with van der Waals surface area (Å²) in [6, 6.07) is 1.11. The topological polar surface area (TPSA) is 66.5 Å². The Morgan fingerprint density at radius 2 is 2.10 bits per heavy atom. The molecular formula is C13H20N2O3S2. The number of hydrogen-bond donors (Lipinski definition) is 1. The lowest BCUT2D eigenvalue weighted by Crippen LogP contribution is -2.51. The summed E-state index contributed by atoms with van der Waals surface area (Å²) in [6.45, 7) is 4.11. The number of rotatable bonds is 3. The minimum atomic E-state index is -3.59. The predicted octanol–water partition coefficient (Wildman–Crippen LogP) is 1.65. The van der Waals surface area contributed by atoms with Crippen molar-refractivity contribution >= 4 is 27.3 Å². The van der Waals surface area contributed by atoms with E-state index in [1.807, 2.05) is 13.8 Å². The van der Waals surface area contributed by atoms with E-state index in [1.54, 1.807) is 13.1 Å². The Morgan fingerprint density at radius 1 is 1.40 bits per heavy atom. The number of thiophene rings is 1. The highest BCUT2D eigenvalue weighted by molar-refractivity contribution is 7.89. The highest BCUT2D eigenvalue weighted by atomic mass is 32.2. The summed E-state index contributed by atoms with van der Waals surface area (Å²) < 4.78 is 27.0. The van der Waals surface area contributed by atoms with Crippen LogP contribution in [0.3, 0.4) is 0 Å². The van der Waals surface area contributed by atoms with Crippen LogP contribution in [0.5, 0.6) is 0 Å². The predicted molar refractivity (Wildman–Crippen MR) is 79.4 cm³/mol. The molecule has 0 unspecified atom stereocenters. The molecule has 2 rings (SSSR count). The zero-order valence-electron chi connectivity index (χ0n) is 12.0. The average Bonchev–Trinajstić information content (AvgIpc) is 2.77. The first-order chi connectivity index (χ1) is 9.37. The first kappa shape index (κ1) is 15.5. The minimum Gasteiger partial charge on any atom is -0.358 e. The summed E-state index contributed by atoms with van der Waals surface area (Å²) in [5.74, 6) is -0.224. The maximum Gasteiger partial charge on any atom is 0.244 e. The summed E-state index contributed by atoms with van der Waals surface area (Å²) in [4.78, 5) is 14.0. The lowest BCUT2D eigenvalue weighted by atomic mass is 10.0. The van der Waals surface area contributed by atoms with Gasteiger partial charge in [0.1, 0.15) is 6.04 Å². The quantitative estimate of drug-likeness (QED) is 0.922. The lowest BCUT2D eigenvalue weighted by molar-refractivity contribution is -0.125. The zero-order chi connectivity index (χ0) is 14.9. The minimum absolute atomic E-state index is 0.224. The number of sulfonamides is 1. The van der Waals surface area contributed by atoms with Crippen LogP contribution in [0.2, 0.25) is 0 Å². The molecule has 1 aliphatic heterocycles. The van der Waals surface area contributed by atoms with Gasteiger partial charge >= 0.3 is 0 Å². The largest absolute Gasteiger partial charge is 0.358 e. The maximum absolute atomic E-state index is 12.8. The van der Waals surface area contributed by atoms with Crippen molar-refractivity contribution < 1.29 is 13.2 Å². The van der Waals surface area contributed by atoms with Crippen LogP contribution in [0, 0.1) is 13.8 Å². The zero-order valence-corrected chi connectivity index (χ0v) is 13.6. The van der Waals surface area contributed by atoms with E-state index in [4.69, 9.17) is 0 Å². The van der Waals surface area contributed by atoms with Gasteiger partial charge in [0.05, 0.1) is 4.90 Å². The molecule has 0 aliphatic carbocycles. The van der Waals surface area contributed by atoms with E-state index >= 15 is 0 Å². The highest BCUT2D eigenvalue weighted by Gasteiger charge is 2.38. The highest BCUT2D eigenvalue weighted by Crippen LogP contribution is 2.31. The number of amides is 1. The smallest absolute Gasteiger partial charge is 0.244 e. The van der Waals surface area contributed by atoms with Crippen LogP contribution in [0.1, 0.15) is 29.0 Å². The number of nitrogens with zero attached hydrogens (tertiary/aromatic N) is 1. The van der Waals surface area contributed by atoms with Crippen molar-refractivity contribution in [2.45, 2.75) is 44.0 Å². The fourth-order valence-corrected chi connectivity index (χ4v) is 5.79. The molecule has 0 saturated carbocycles. The monoisotopic (exact) mass is 316 g/mol. The molecule has 1 fully saturated rings. The van der Waals surface area contributed by atoms with Gasteiger partial charge in [0.15, 0.2) is 0 Å². The van der Waals surface area contributed by atoms with Crippen molar-refractivity contribution in [2.24, 2.45) is 0 Å². The molecule has 20 heavy (non-hydrogen) atoms. The molecule has 5 nitrogen and oxygen atoms in total. The number of nitrogens with one attached hydrogen (secondary N) is 1. The summed E-state index contributed by atoms with van der Waals surface area (Å²) in [7, 11) is -2.05. The van der Waals surface area contributed by atoms with Crippen molar-refractivity contribution in [3.8, 4) is 0 Å². The molecule has 2 heterocycles. The molecule has 0 spiro atoms. The van der Waals surface area contributed by atoms with E-state index in [-0.39, 0.29) is 5.91 Å². The Kier molecular flexibility index (Phi) is 4.51. The molecule has 1 aromatic heterocycles. The fourth-order valence-electron chi connectivity index (χ4n) is 2.61. The molecule has 112 valence electrons. The number of carbonyl (C=O) groups is 1. The Bertz CT molecular complexity index is 607. The van der Waals surface area contributed by atoms with Crippen LogP contribution in [0.15, 0.2) is 11.0 Å². The molecule has 0 bridgehead atoms. The second kappa shape index (κ2) is 5.83. The first-order valence-electron chi connectivity index (χ1n) is 6.68. The Labute approximate surface area is 124 Å². The second-order valence-electron chi connectivity index (χ2n) is 5.02. The molecule has 0 aromatic carbocycles. The van der Waals surface area contributed by atoms with Gasteiger partial charge < -0.3 is 5.32 Å². The summed E-state index contributed by atoms with van der Waals surface area (Å²) in [5.41, 5.74) is 0. The van der Waals surface area contributed by atoms with Crippen LogP contribution in [0.4, 0.5) is 0 Å². The molecule has 1 N–H and O–H groups in total. The summed E-state index contributed by atoms with van der Waals surface area (Å²) >= 11 is 1.47. The maximum atomic E-state index is 12.8. The van der Waals surface area contributed by atoms with E-state index < -0.39 is 16.1 Å². The Balaban J connectivity index is 2.40. The summed E-state index contributed by atoms with van der Waals surface area (Å²) in [6.07, 6.45) is 2.27. The first-order valence-corrected chi connectivity index (χ1v) is 8.94. The van der Waals surface area contributed by atoms with Gasteiger partial charge in [-0.05, 0) is 32.8 Å². The number of aryl methyl sites for hydroxylation is 2. The second-order valence-corrected chi connectivity index (χ2v) is 8.34. The van der Waals surface area contributed by atoms with E-state index in [0.717, 1.165) is 22.6 Å². The van der Waals surface area contributed by atoms with Gasteiger partial charge in [-0.3, -0.25) is 4.79 Å². The SMILES string of the molecule is CNC(=O)[C@H]1CCCCN1S(=O)(=O)c1cc(C)sc1C. The van der Waals surface area contributed by atoms with Gasteiger partial charge in [0, 0.05) is 23.3 Å². The molecule has 1 saturated heterocycles. The molecule has 1 aromatic rings. The fraction of sp³-hybridized carbons (Fsp3) is 0.615. The normalized spacial score (nSPS) is 20.9. The summed E-state index contributed by atoms with van der Waals surface area (Å²) in [5, 5.41) is 2.57. The van der Waals surface area contributed by atoms with E-state index in [9.17, 15) is 13.2 Å². The number of piperidine rings is 1. The van der Waals surface area contributed by atoms with Crippen LogP contribution >= 0.6 is 11.3 Å². The number of carbonyl (C=O) groups excluding carboxylic acids is 1. The van der Waals surface area contributed by atoms with E-state index in [1.165, 1.54) is 15.6 Å². The molecule has 1 atom stereocenters. The standard InChI is InChI=1S/C13H20N2O3S2/c1-9-8-12(10(2)19-9)20(17,18)15-7-5-4-6-11(15)13(16)14-3/h8,11H,4-7H2,1-3H3,(H,14,16)/t11-/m1/s1. The van der Waals surface area contributed by atoms with E-state index in [2.05, 4.69) is 5.32 Å². The van der Waals surface area contributed by atoms with Gasteiger partial charge in [0.2, 0.25) is 15.9 Å². The third-order valence-electron chi connectivity index (χ3n) is 3.58. The molecule has 1 amide bonds. The van der Waals surface area contributed by atoms with Crippen LogP contribution in [-0.2, 0) is 14.8 Å². The molecule has 7 heteroatoms. The van der Waals surface area contributed by atoms with Gasteiger partial charge in [0.25, 0.3) is 0 Å².